The van der Waals surface area contributed by atoms with Crippen molar-refractivity contribution in [1.82, 2.24) is 10.4 Å². The summed E-state index contributed by atoms with van der Waals surface area (Å²) in [6, 6.07) is 16.1. The Hall–Kier alpha value is -2.79. The fourth-order valence-electron chi connectivity index (χ4n) is 3.28. The Morgan fingerprint density at radius 1 is 1.08 bits per heavy atom. The van der Waals surface area contributed by atoms with Crippen LogP contribution in [0.15, 0.2) is 64.8 Å². The molecule has 1 atom stereocenters. The number of anilines is 1. The summed E-state index contributed by atoms with van der Waals surface area (Å²) in [4.78, 5) is 4.96. The number of hydrazine groups is 1. The molecular weight excluding hydrogens is 300 g/mol. The minimum atomic E-state index is 0.0805. The first kappa shape index (κ1) is 14.8. The Morgan fingerprint density at radius 2 is 1.83 bits per heavy atom. The molecule has 5 nitrogen and oxygen atoms in total. The molecule has 0 spiro atoms. The second-order valence-corrected chi connectivity index (χ2v) is 6.01. The molecule has 0 aliphatic carbocycles. The van der Waals surface area contributed by atoms with Crippen LogP contribution < -0.4 is 15.5 Å². The van der Waals surface area contributed by atoms with Crippen LogP contribution in [0.3, 0.4) is 0 Å². The van der Waals surface area contributed by atoms with Crippen molar-refractivity contribution in [2.75, 3.05) is 19.5 Å². The molecule has 122 valence electrons. The monoisotopic (exact) mass is 320 g/mol. The molecule has 2 aliphatic rings. The number of ether oxygens (including phenoxy) is 1. The fraction of sp³-hybridized carbons (Fsp3) is 0.211. The Labute approximate surface area is 141 Å². The highest BCUT2D eigenvalue weighted by Gasteiger charge is 2.36. The van der Waals surface area contributed by atoms with E-state index in [0.29, 0.717) is 0 Å². The number of allylic oxidation sites excluding steroid dienone is 1. The van der Waals surface area contributed by atoms with E-state index >= 15 is 0 Å². The molecule has 4 rings (SSSR count). The number of aliphatic imine (C=N–C) groups is 1. The van der Waals surface area contributed by atoms with Crippen LogP contribution in [0.1, 0.15) is 12.5 Å². The van der Waals surface area contributed by atoms with Gasteiger partial charge >= 0.3 is 0 Å². The van der Waals surface area contributed by atoms with Crippen LogP contribution in [0, 0.1) is 0 Å². The molecule has 0 bridgehead atoms. The molecule has 24 heavy (non-hydrogen) atoms. The lowest BCUT2D eigenvalue weighted by Gasteiger charge is -2.31. The maximum absolute atomic E-state index is 5.23. The van der Waals surface area contributed by atoms with E-state index in [1.54, 1.807) is 7.11 Å². The summed E-state index contributed by atoms with van der Waals surface area (Å²) in [5.41, 5.74) is 9.83. The minimum absolute atomic E-state index is 0.0805. The van der Waals surface area contributed by atoms with E-state index in [4.69, 9.17) is 9.73 Å². The van der Waals surface area contributed by atoms with Crippen LogP contribution in [0.5, 0.6) is 5.75 Å². The molecule has 5 heteroatoms. The number of para-hydroxylation sites is 1. The third-order valence-electron chi connectivity index (χ3n) is 4.45. The smallest absolute Gasteiger partial charge is 0.126 e. The molecule has 2 aromatic carbocycles. The molecule has 0 radical (unpaired) electrons. The average Bonchev–Trinajstić information content (AvgIpc) is 2.89. The van der Waals surface area contributed by atoms with Crippen LogP contribution >= 0.6 is 0 Å². The van der Waals surface area contributed by atoms with Gasteiger partial charge in [0.05, 0.1) is 18.5 Å². The normalized spacial score (nSPS) is 21.1. The molecule has 2 aromatic rings. The van der Waals surface area contributed by atoms with Crippen LogP contribution in [0.4, 0.5) is 11.4 Å². The summed E-state index contributed by atoms with van der Waals surface area (Å²) < 4.78 is 5.23. The standard InChI is InChI=1S/C19H20N4O/c1-12-17-18(20-13-8-10-14(24-3)11-9-13)15-6-4-5-7-16(15)21-19(17)23(2)22-12/h4-11,19,21-22H,1-3H3. The van der Waals surface area contributed by atoms with Crippen molar-refractivity contribution in [3.8, 4) is 5.75 Å². The minimum Gasteiger partial charge on any atom is -0.497 e. The van der Waals surface area contributed by atoms with Gasteiger partial charge in [0.1, 0.15) is 11.9 Å². The average molecular weight is 320 g/mol. The first-order chi connectivity index (χ1) is 11.7. The van der Waals surface area contributed by atoms with Gasteiger partial charge in [0.15, 0.2) is 0 Å². The van der Waals surface area contributed by atoms with Gasteiger partial charge in [0, 0.05) is 29.6 Å². The number of hydrogen-bond acceptors (Lipinski definition) is 5. The third-order valence-corrected chi connectivity index (χ3v) is 4.45. The van der Waals surface area contributed by atoms with E-state index in [2.05, 4.69) is 34.8 Å². The lowest BCUT2D eigenvalue weighted by atomic mass is 9.93. The van der Waals surface area contributed by atoms with Gasteiger partial charge in [-0.1, -0.05) is 18.2 Å². The maximum Gasteiger partial charge on any atom is 0.126 e. The molecule has 1 unspecified atom stereocenters. The van der Waals surface area contributed by atoms with Gasteiger partial charge in [-0.2, -0.15) is 0 Å². The topological polar surface area (TPSA) is 48.9 Å². The van der Waals surface area contributed by atoms with Crippen molar-refractivity contribution in [2.45, 2.75) is 13.1 Å². The summed E-state index contributed by atoms with van der Waals surface area (Å²) in [6.45, 7) is 2.09. The quantitative estimate of drug-likeness (QED) is 0.891. The van der Waals surface area contributed by atoms with Crippen LogP contribution in [-0.2, 0) is 0 Å². The summed E-state index contributed by atoms with van der Waals surface area (Å²) in [5, 5.41) is 5.65. The Balaban J connectivity index is 1.86. The summed E-state index contributed by atoms with van der Waals surface area (Å²) in [7, 11) is 3.70. The SMILES string of the molecule is COc1ccc(N=C2C3=C(C)NN(C)C3Nc3ccccc32)cc1. The van der Waals surface area contributed by atoms with Gasteiger partial charge in [0.2, 0.25) is 0 Å². The zero-order valence-electron chi connectivity index (χ0n) is 14.0. The van der Waals surface area contributed by atoms with Crippen molar-refractivity contribution in [3.63, 3.8) is 0 Å². The third kappa shape index (κ3) is 2.34. The van der Waals surface area contributed by atoms with Crippen molar-refractivity contribution >= 4 is 17.1 Å². The van der Waals surface area contributed by atoms with Gasteiger partial charge in [-0.05, 0) is 37.3 Å². The summed E-state index contributed by atoms with van der Waals surface area (Å²) in [5.74, 6) is 0.834. The predicted octanol–water partition coefficient (Wildman–Crippen LogP) is 3.29. The fourth-order valence-corrected chi connectivity index (χ4v) is 3.28. The Bertz CT molecular complexity index is 839. The van der Waals surface area contributed by atoms with Crippen LogP contribution in [0.25, 0.3) is 0 Å². The lowest BCUT2D eigenvalue weighted by molar-refractivity contribution is 0.263. The maximum atomic E-state index is 5.23. The van der Waals surface area contributed by atoms with Crippen LogP contribution in [0.2, 0.25) is 0 Å². The van der Waals surface area contributed by atoms with E-state index in [1.807, 2.05) is 43.4 Å². The van der Waals surface area contributed by atoms with E-state index in [1.165, 1.54) is 5.57 Å². The number of nitrogens with one attached hydrogen (secondary N) is 2. The second kappa shape index (κ2) is 5.69. The number of benzene rings is 2. The molecule has 0 saturated heterocycles. The van der Waals surface area contributed by atoms with E-state index in [-0.39, 0.29) is 6.17 Å². The second-order valence-electron chi connectivity index (χ2n) is 6.01. The molecule has 0 fully saturated rings. The van der Waals surface area contributed by atoms with Gasteiger partial charge in [-0.3, -0.25) is 0 Å². The molecule has 0 aromatic heterocycles. The Kier molecular flexibility index (Phi) is 3.50. The van der Waals surface area contributed by atoms with E-state index in [9.17, 15) is 0 Å². The number of likely N-dealkylation sites (N-methyl/N-ethyl adjacent to an activating group) is 1. The number of nitrogens with zero attached hydrogens (tertiary/aromatic N) is 2. The molecule has 2 aliphatic heterocycles. The summed E-state index contributed by atoms with van der Waals surface area (Å²) >= 11 is 0. The van der Waals surface area contributed by atoms with E-state index in [0.717, 1.165) is 34.1 Å². The predicted molar refractivity (Wildman–Crippen MR) is 96.6 cm³/mol. The van der Waals surface area contributed by atoms with Gasteiger partial charge in [-0.25, -0.2) is 10.0 Å². The van der Waals surface area contributed by atoms with Crippen molar-refractivity contribution in [1.29, 1.82) is 0 Å². The van der Waals surface area contributed by atoms with Gasteiger partial charge < -0.3 is 15.5 Å². The molecule has 2 heterocycles. The largest absolute Gasteiger partial charge is 0.497 e. The molecule has 0 saturated carbocycles. The highest BCUT2D eigenvalue weighted by atomic mass is 16.5. The number of methoxy groups -OCH3 is 1. The highest BCUT2D eigenvalue weighted by Crippen LogP contribution is 2.35. The Morgan fingerprint density at radius 3 is 2.58 bits per heavy atom. The van der Waals surface area contributed by atoms with Gasteiger partial charge in [-0.15, -0.1) is 0 Å². The lowest BCUT2D eigenvalue weighted by Crippen LogP contribution is -2.43. The van der Waals surface area contributed by atoms with Crippen LogP contribution in [-0.4, -0.2) is 31.0 Å². The summed E-state index contributed by atoms with van der Waals surface area (Å²) in [6.07, 6.45) is 0.0805. The van der Waals surface area contributed by atoms with Crippen molar-refractivity contribution in [2.24, 2.45) is 4.99 Å². The zero-order valence-corrected chi connectivity index (χ0v) is 14.0. The highest BCUT2D eigenvalue weighted by molar-refractivity contribution is 6.19. The van der Waals surface area contributed by atoms with Crippen molar-refractivity contribution < 1.29 is 4.74 Å². The number of hydrogen-bond donors (Lipinski definition) is 2. The van der Waals surface area contributed by atoms with E-state index < -0.39 is 0 Å². The molecular formula is C19H20N4O. The van der Waals surface area contributed by atoms with Gasteiger partial charge in [0.25, 0.3) is 0 Å². The molecule has 2 N–H and O–H groups in total. The number of rotatable bonds is 2. The number of fused-ring (bicyclic) bond motifs is 2. The first-order valence-electron chi connectivity index (χ1n) is 7.96. The molecule has 0 amide bonds. The zero-order chi connectivity index (χ0) is 16.7. The van der Waals surface area contributed by atoms with Crippen molar-refractivity contribution in [3.05, 3.63) is 65.4 Å². The first-order valence-corrected chi connectivity index (χ1v) is 7.96.